The van der Waals surface area contributed by atoms with Crippen molar-refractivity contribution in [2.24, 2.45) is 5.41 Å². The molecule has 0 saturated heterocycles. The molecule has 0 radical (unpaired) electrons. The van der Waals surface area contributed by atoms with Crippen LogP contribution in [0.2, 0.25) is 5.02 Å². The minimum absolute atomic E-state index is 0.0820. The Hall–Kier alpha value is -1.06. The highest BCUT2D eigenvalue weighted by atomic mass is 35.5. The molecule has 3 nitrogen and oxygen atoms in total. The maximum absolute atomic E-state index is 11.5. The number of rotatable bonds is 6. The molecule has 0 spiro atoms. The van der Waals surface area contributed by atoms with E-state index in [1.807, 2.05) is 24.3 Å². The number of ether oxygens (including phenoxy) is 1. The summed E-state index contributed by atoms with van der Waals surface area (Å²) in [5.41, 5.74) is 1.00. The SMILES string of the molecule is COC(=O)C1(CNCCc2ccc(Cl)cc2)CC1. The Balaban J connectivity index is 1.70. The lowest BCUT2D eigenvalue weighted by Gasteiger charge is -2.13. The van der Waals surface area contributed by atoms with E-state index in [2.05, 4.69) is 5.32 Å². The summed E-state index contributed by atoms with van der Waals surface area (Å²) < 4.78 is 4.81. The Labute approximate surface area is 112 Å². The molecule has 1 N–H and O–H groups in total. The van der Waals surface area contributed by atoms with E-state index in [4.69, 9.17) is 16.3 Å². The molecule has 1 aromatic carbocycles. The molecule has 2 rings (SSSR count). The first-order chi connectivity index (χ1) is 8.66. The summed E-state index contributed by atoms with van der Waals surface area (Å²) in [7, 11) is 1.45. The lowest BCUT2D eigenvalue weighted by Crippen LogP contribution is -2.32. The lowest BCUT2D eigenvalue weighted by atomic mass is 10.1. The van der Waals surface area contributed by atoms with Gasteiger partial charge in [0.15, 0.2) is 0 Å². The van der Waals surface area contributed by atoms with Crippen LogP contribution in [0.3, 0.4) is 0 Å². The third-order valence-electron chi connectivity index (χ3n) is 3.44. The van der Waals surface area contributed by atoms with Crippen molar-refractivity contribution >= 4 is 17.6 Å². The van der Waals surface area contributed by atoms with E-state index >= 15 is 0 Å². The smallest absolute Gasteiger partial charge is 0.313 e. The molecule has 0 heterocycles. The number of hydrogen-bond acceptors (Lipinski definition) is 3. The highest BCUT2D eigenvalue weighted by Crippen LogP contribution is 2.45. The van der Waals surface area contributed by atoms with Gasteiger partial charge < -0.3 is 10.1 Å². The molecule has 1 saturated carbocycles. The van der Waals surface area contributed by atoms with E-state index in [-0.39, 0.29) is 11.4 Å². The van der Waals surface area contributed by atoms with Gasteiger partial charge in [-0.15, -0.1) is 0 Å². The van der Waals surface area contributed by atoms with Gasteiger partial charge in [-0.2, -0.15) is 0 Å². The summed E-state index contributed by atoms with van der Waals surface area (Å²) in [6, 6.07) is 7.84. The Morgan fingerprint density at radius 1 is 1.39 bits per heavy atom. The van der Waals surface area contributed by atoms with Crippen molar-refractivity contribution in [2.75, 3.05) is 20.2 Å². The molecule has 0 atom stereocenters. The second-order valence-corrected chi connectivity index (χ2v) is 5.26. The van der Waals surface area contributed by atoms with Crippen LogP contribution in [0.25, 0.3) is 0 Å². The normalized spacial score (nSPS) is 16.3. The van der Waals surface area contributed by atoms with Gasteiger partial charge in [-0.05, 0) is 43.5 Å². The van der Waals surface area contributed by atoms with Gasteiger partial charge in [0.25, 0.3) is 0 Å². The minimum atomic E-state index is -0.241. The largest absolute Gasteiger partial charge is 0.469 e. The number of benzene rings is 1. The van der Waals surface area contributed by atoms with Crippen LogP contribution >= 0.6 is 11.6 Å². The third-order valence-corrected chi connectivity index (χ3v) is 3.69. The number of esters is 1. The van der Waals surface area contributed by atoms with Crippen LogP contribution in [0.4, 0.5) is 0 Å². The first-order valence-corrected chi connectivity index (χ1v) is 6.58. The zero-order valence-electron chi connectivity index (χ0n) is 10.5. The molecule has 0 aromatic heterocycles. The van der Waals surface area contributed by atoms with Gasteiger partial charge >= 0.3 is 5.97 Å². The van der Waals surface area contributed by atoms with Crippen molar-refractivity contribution in [3.8, 4) is 0 Å². The van der Waals surface area contributed by atoms with Crippen molar-refractivity contribution in [2.45, 2.75) is 19.3 Å². The minimum Gasteiger partial charge on any atom is -0.469 e. The van der Waals surface area contributed by atoms with Crippen LogP contribution in [0.5, 0.6) is 0 Å². The summed E-state index contributed by atoms with van der Waals surface area (Å²) in [5.74, 6) is -0.0820. The molecule has 0 unspecified atom stereocenters. The number of halogens is 1. The van der Waals surface area contributed by atoms with E-state index in [9.17, 15) is 4.79 Å². The summed E-state index contributed by atoms with van der Waals surface area (Å²) in [6.07, 6.45) is 2.82. The lowest BCUT2D eigenvalue weighted by molar-refractivity contribution is -0.146. The highest BCUT2D eigenvalue weighted by Gasteiger charge is 2.50. The van der Waals surface area contributed by atoms with Crippen LogP contribution < -0.4 is 5.32 Å². The molecule has 0 aliphatic heterocycles. The maximum Gasteiger partial charge on any atom is 0.313 e. The second kappa shape index (κ2) is 5.72. The van der Waals surface area contributed by atoms with Gasteiger partial charge in [0.05, 0.1) is 12.5 Å². The van der Waals surface area contributed by atoms with Gasteiger partial charge in [0.2, 0.25) is 0 Å². The van der Waals surface area contributed by atoms with Crippen LogP contribution in [0.1, 0.15) is 18.4 Å². The van der Waals surface area contributed by atoms with Crippen LogP contribution in [-0.2, 0) is 16.0 Å². The van der Waals surface area contributed by atoms with Crippen molar-refractivity contribution in [3.63, 3.8) is 0 Å². The van der Waals surface area contributed by atoms with Crippen molar-refractivity contribution in [3.05, 3.63) is 34.9 Å². The van der Waals surface area contributed by atoms with Gasteiger partial charge in [-0.3, -0.25) is 4.79 Å². The average molecular weight is 268 g/mol. The molecule has 4 heteroatoms. The zero-order valence-corrected chi connectivity index (χ0v) is 11.3. The molecule has 0 amide bonds. The number of nitrogens with one attached hydrogen (secondary N) is 1. The standard InChI is InChI=1S/C14H18ClNO2/c1-18-13(17)14(7-8-14)10-16-9-6-11-2-4-12(15)5-3-11/h2-5,16H,6-10H2,1H3. The van der Waals surface area contributed by atoms with E-state index in [1.54, 1.807) is 0 Å². The first-order valence-electron chi connectivity index (χ1n) is 6.20. The molecule has 1 aliphatic carbocycles. The fraction of sp³-hybridized carbons (Fsp3) is 0.500. The molecule has 18 heavy (non-hydrogen) atoms. The Morgan fingerprint density at radius 3 is 2.61 bits per heavy atom. The summed E-state index contributed by atoms with van der Waals surface area (Å²) in [6.45, 7) is 1.58. The molecule has 1 aliphatic rings. The quantitative estimate of drug-likeness (QED) is 0.635. The predicted molar refractivity (Wildman–Crippen MR) is 71.7 cm³/mol. The van der Waals surface area contributed by atoms with E-state index in [0.717, 1.165) is 30.8 Å². The molecule has 0 bridgehead atoms. The van der Waals surface area contributed by atoms with E-state index in [1.165, 1.54) is 12.7 Å². The van der Waals surface area contributed by atoms with Crippen molar-refractivity contribution < 1.29 is 9.53 Å². The molecule has 1 fully saturated rings. The van der Waals surface area contributed by atoms with Gasteiger partial charge in [0.1, 0.15) is 0 Å². The van der Waals surface area contributed by atoms with Crippen molar-refractivity contribution in [1.29, 1.82) is 0 Å². The first kappa shape index (κ1) is 13.4. The number of hydrogen-bond donors (Lipinski definition) is 1. The van der Waals surface area contributed by atoms with Gasteiger partial charge in [-0.25, -0.2) is 0 Å². The molecular formula is C14H18ClNO2. The fourth-order valence-corrected chi connectivity index (χ4v) is 2.16. The van der Waals surface area contributed by atoms with Crippen LogP contribution in [-0.4, -0.2) is 26.2 Å². The Morgan fingerprint density at radius 2 is 2.06 bits per heavy atom. The molecular weight excluding hydrogens is 250 g/mol. The number of carbonyl (C=O) groups excluding carboxylic acids is 1. The third kappa shape index (κ3) is 3.24. The summed E-state index contributed by atoms with van der Waals surface area (Å²) >= 11 is 5.82. The van der Waals surface area contributed by atoms with Gasteiger partial charge in [0, 0.05) is 11.6 Å². The Kier molecular flexibility index (Phi) is 4.25. The number of carbonyl (C=O) groups is 1. The summed E-state index contributed by atoms with van der Waals surface area (Å²) in [5, 5.41) is 4.09. The average Bonchev–Trinajstić information content (AvgIpc) is 3.17. The topological polar surface area (TPSA) is 38.3 Å². The van der Waals surface area contributed by atoms with E-state index < -0.39 is 0 Å². The fourth-order valence-electron chi connectivity index (χ4n) is 2.03. The second-order valence-electron chi connectivity index (χ2n) is 4.83. The monoisotopic (exact) mass is 267 g/mol. The maximum atomic E-state index is 11.5. The number of methoxy groups -OCH3 is 1. The van der Waals surface area contributed by atoms with Crippen LogP contribution in [0, 0.1) is 5.41 Å². The molecule has 1 aromatic rings. The zero-order chi connectivity index (χ0) is 13.0. The van der Waals surface area contributed by atoms with Gasteiger partial charge in [-0.1, -0.05) is 23.7 Å². The van der Waals surface area contributed by atoms with E-state index in [0.29, 0.717) is 6.54 Å². The predicted octanol–water partition coefficient (Wildman–Crippen LogP) is 2.43. The van der Waals surface area contributed by atoms with Crippen molar-refractivity contribution in [1.82, 2.24) is 5.32 Å². The molecule has 98 valence electrons. The highest BCUT2D eigenvalue weighted by molar-refractivity contribution is 6.30. The summed E-state index contributed by atoms with van der Waals surface area (Å²) in [4.78, 5) is 11.5. The Bertz CT molecular complexity index is 412. The van der Waals surface area contributed by atoms with Crippen LogP contribution in [0.15, 0.2) is 24.3 Å².